The first-order valence-corrected chi connectivity index (χ1v) is 10.5. The standard InChI is InChI=1S/C23H30N4O/c1-3-17(2)22-15-26(13-7-10-18-8-5-4-6-9-18)23(28)27(22)19-11-12-20-21(14-19)25-16-24-20/h4-6,8-9,14,16-17,22H,3,7,10-13,15H2,1-2H3,(H,24,25). The molecule has 2 amide bonds. The first-order chi connectivity index (χ1) is 13.7. The minimum Gasteiger partial charge on any atom is -0.348 e. The highest BCUT2D eigenvalue weighted by Crippen LogP contribution is 2.33. The fraction of sp³-hybridized carbons (Fsp3) is 0.478. The van der Waals surface area contributed by atoms with Gasteiger partial charge in [0.1, 0.15) is 0 Å². The third-order valence-electron chi connectivity index (χ3n) is 6.25. The number of amides is 2. The topological polar surface area (TPSA) is 52.2 Å². The third kappa shape index (κ3) is 3.71. The van der Waals surface area contributed by atoms with Crippen LogP contribution in [0.25, 0.3) is 6.08 Å². The Balaban J connectivity index is 1.48. The van der Waals surface area contributed by atoms with Crippen molar-refractivity contribution in [3.63, 3.8) is 0 Å². The Morgan fingerprint density at radius 2 is 2.07 bits per heavy atom. The van der Waals surface area contributed by atoms with Gasteiger partial charge in [0.05, 0.1) is 18.1 Å². The van der Waals surface area contributed by atoms with E-state index in [2.05, 4.69) is 64.0 Å². The van der Waals surface area contributed by atoms with Gasteiger partial charge >= 0.3 is 6.03 Å². The summed E-state index contributed by atoms with van der Waals surface area (Å²) in [4.78, 5) is 25.1. The van der Waals surface area contributed by atoms with E-state index in [0.717, 1.165) is 56.6 Å². The normalized spacial score (nSPS) is 20.3. The number of nitrogens with zero attached hydrogens (tertiary/aromatic N) is 3. The van der Waals surface area contributed by atoms with E-state index in [4.69, 9.17) is 0 Å². The molecule has 1 aromatic carbocycles. The second-order valence-electron chi connectivity index (χ2n) is 8.04. The fourth-order valence-electron chi connectivity index (χ4n) is 4.36. The lowest BCUT2D eigenvalue weighted by Crippen LogP contribution is -2.38. The molecule has 2 aliphatic rings. The Morgan fingerprint density at radius 1 is 1.25 bits per heavy atom. The lowest BCUT2D eigenvalue weighted by atomic mass is 9.96. The molecule has 0 radical (unpaired) electrons. The van der Waals surface area contributed by atoms with E-state index >= 15 is 0 Å². The molecule has 4 rings (SSSR count). The zero-order chi connectivity index (χ0) is 19.5. The van der Waals surface area contributed by atoms with Crippen LogP contribution in [0, 0.1) is 5.92 Å². The summed E-state index contributed by atoms with van der Waals surface area (Å²) in [6.07, 6.45) is 8.76. The summed E-state index contributed by atoms with van der Waals surface area (Å²) in [6.45, 7) is 6.12. The maximum absolute atomic E-state index is 13.3. The Labute approximate surface area is 167 Å². The number of aromatic amines is 1. The smallest absolute Gasteiger partial charge is 0.324 e. The van der Waals surface area contributed by atoms with Gasteiger partial charge in [-0.15, -0.1) is 0 Å². The van der Waals surface area contributed by atoms with E-state index < -0.39 is 0 Å². The van der Waals surface area contributed by atoms with Gasteiger partial charge in [-0.2, -0.15) is 0 Å². The molecule has 28 heavy (non-hydrogen) atoms. The molecular formula is C23H30N4O. The molecule has 1 saturated heterocycles. The van der Waals surface area contributed by atoms with Crippen molar-refractivity contribution in [1.82, 2.24) is 19.8 Å². The summed E-state index contributed by atoms with van der Waals surface area (Å²) < 4.78 is 0. The third-order valence-corrected chi connectivity index (χ3v) is 6.25. The van der Waals surface area contributed by atoms with E-state index in [1.54, 1.807) is 6.33 Å². The molecule has 0 bridgehead atoms. The van der Waals surface area contributed by atoms with Crippen LogP contribution < -0.4 is 0 Å². The van der Waals surface area contributed by atoms with Crippen LogP contribution in [0.4, 0.5) is 4.79 Å². The lowest BCUT2D eigenvalue weighted by Gasteiger charge is -2.30. The van der Waals surface area contributed by atoms with Crippen LogP contribution in [0.15, 0.2) is 42.4 Å². The van der Waals surface area contributed by atoms with Crippen molar-refractivity contribution < 1.29 is 4.79 Å². The number of carbonyl (C=O) groups is 1. The van der Waals surface area contributed by atoms with Crippen molar-refractivity contribution in [3.8, 4) is 0 Å². The average Bonchev–Trinajstić information content (AvgIpc) is 3.32. The van der Waals surface area contributed by atoms with Gasteiger partial charge in [0, 0.05) is 24.5 Å². The molecule has 2 aromatic rings. The van der Waals surface area contributed by atoms with Crippen molar-refractivity contribution in [2.24, 2.45) is 5.92 Å². The van der Waals surface area contributed by atoms with Gasteiger partial charge in [0.25, 0.3) is 0 Å². The molecule has 5 heteroatoms. The van der Waals surface area contributed by atoms with Crippen molar-refractivity contribution in [2.45, 2.75) is 52.0 Å². The molecule has 1 fully saturated rings. The highest BCUT2D eigenvalue weighted by Gasteiger charge is 2.41. The maximum atomic E-state index is 13.3. The molecule has 2 unspecified atom stereocenters. The SMILES string of the molecule is CCC(C)C1CN(CCCc2ccccc2)C(=O)N1C1=Cc2nc[nH]c2CC1. The zero-order valence-corrected chi connectivity index (χ0v) is 16.9. The number of fused-ring (bicyclic) bond motifs is 1. The van der Waals surface area contributed by atoms with Crippen LogP contribution in [0.2, 0.25) is 0 Å². The van der Waals surface area contributed by atoms with E-state index in [0.29, 0.717) is 5.92 Å². The molecule has 0 saturated carbocycles. The first-order valence-electron chi connectivity index (χ1n) is 10.5. The summed E-state index contributed by atoms with van der Waals surface area (Å²) >= 11 is 0. The summed E-state index contributed by atoms with van der Waals surface area (Å²) in [5, 5.41) is 0. The van der Waals surface area contributed by atoms with E-state index in [1.807, 2.05) is 6.07 Å². The number of allylic oxidation sites excluding steroid dienone is 1. The Kier molecular flexibility index (Phi) is 5.51. The lowest BCUT2D eigenvalue weighted by molar-refractivity contribution is 0.191. The van der Waals surface area contributed by atoms with Crippen LogP contribution in [0.3, 0.4) is 0 Å². The number of aromatic nitrogens is 2. The van der Waals surface area contributed by atoms with Gasteiger partial charge < -0.3 is 9.88 Å². The van der Waals surface area contributed by atoms with Gasteiger partial charge in [-0.25, -0.2) is 9.78 Å². The molecule has 1 aliphatic heterocycles. The summed E-state index contributed by atoms with van der Waals surface area (Å²) in [5.41, 5.74) is 4.63. The maximum Gasteiger partial charge on any atom is 0.324 e. The molecule has 2 atom stereocenters. The number of rotatable bonds is 7. The monoisotopic (exact) mass is 378 g/mol. The summed E-state index contributed by atoms with van der Waals surface area (Å²) in [6, 6.07) is 10.9. The number of aryl methyl sites for hydroxylation is 2. The number of hydrogen-bond donors (Lipinski definition) is 1. The predicted molar refractivity (Wildman–Crippen MR) is 112 cm³/mol. The Morgan fingerprint density at radius 3 is 2.86 bits per heavy atom. The van der Waals surface area contributed by atoms with Crippen molar-refractivity contribution in [3.05, 3.63) is 59.3 Å². The number of H-pyrrole nitrogens is 1. The quantitative estimate of drug-likeness (QED) is 0.772. The van der Waals surface area contributed by atoms with E-state index in [1.165, 1.54) is 11.3 Å². The minimum atomic E-state index is 0.170. The second kappa shape index (κ2) is 8.21. The van der Waals surface area contributed by atoms with Crippen LogP contribution in [-0.2, 0) is 12.8 Å². The van der Waals surface area contributed by atoms with E-state index in [9.17, 15) is 4.79 Å². The number of imidazole rings is 1. The summed E-state index contributed by atoms with van der Waals surface area (Å²) in [7, 11) is 0. The number of carbonyl (C=O) groups excluding carboxylic acids is 1. The molecule has 148 valence electrons. The molecule has 1 aliphatic carbocycles. The van der Waals surface area contributed by atoms with Crippen LogP contribution in [-0.4, -0.2) is 44.9 Å². The molecule has 2 heterocycles. The Bertz CT molecular complexity index is 841. The highest BCUT2D eigenvalue weighted by atomic mass is 16.2. The average molecular weight is 379 g/mol. The predicted octanol–water partition coefficient (Wildman–Crippen LogP) is 4.48. The molecule has 1 N–H and O–H groups in total. The zero-order valence-electron chi connectivity index (χ0n) is 16.9. The van der Waals surface area contributed by atoms with Crippen molar-refractivity contribution >= 4 is 12.1 Å². The number of urea groups is 1. The summed E-state index contributed by atoms with van der Waals surface area (Å²) in [5.74, 6) is 0.476. The minimum absolute atomic E-state index is 0.170. The van der Waals surface area contributed by atoms with Gasteiger partial charge in [-0.05, 0) is 43.2 Å². The number of benzene rings is 1. The molecular weight excluding hydrogens is 348 g/mol. The van der Waals surface area contributed by atoms with E-state index in [-0.39, 0.29) is 12.1 Å². The molecule has 0 spiro atoms. The molecule has 1 aromatic heterocycles. The number of hydrogen-bond acceptors (Lipinski definition) is 2. The second-order valence-corrected chi connectivity index (χ2v) is 8.04. The van der Waals surface area contributed by atoms with Crippen LogP contribution in [0.5, 0.6) is 0 Å². The number of nitrogens with one attached hydrogen (secondary N) is 1. The van der Waals surface area contributed by atoms with Gasteiger partial charge in [-0.3, -0.25) is 4.90 Å². The van der Waals surface area contributed by atoms with Gasteiger partial charge in [0.2, 0.25) is 0 Å². The highest BCUT2D eigenvalue weighted by molar-refractivity contribution is 5.81. The van der Waals surface area contributed by atoms with Crippen LogP contribution >= 0.6 is 0 Å². The Hall–Kier alpha value is -2.56. The fourth-order valence-corrected chi connectivity index (χ4v) is 4.36. The van der Waals surface area contributed by atoms with Crippen molar-refractivity contribution in [2.75, 3.05) is 13.1 Å². The van der Waals surface area contributed by atoms with Crippen LogP contribution in [0.1, 0.15) is 50.1 Å². The van der Waals surface area contributed by atoms with Gasteiger partial charge in [0.15, 0.2) is 0 Å². The largest absolute Gasteiger partial charge is 0.348 e. The molecule has 5 nitrogen and oxygen atoms in total. The first kappa shape index (κ1) is 18.8. The van der Waals surface area contributed by atoms with Crippen molar-refractivity contribution in [1.29, 1.82) is 0 Å². The van der Waals surface area contributed by atoms with Gasteiger partial charge in [-0.1, -0.05) is 50.6 Å².